The van der Waals surface area contributed by atoms with E-state index in [0.717, 1.165) is 0 Å². The molecule has 0 aromatic rings. The predicted octanol–water partition coefficient (Wildman–Crippen LogP) is -24.7. The minimum absolute atomic E-state index is 0. The van der Waals surface area contributed by atoms with E-state index < -0.39 is 15.1 Å². The van der Waals surface area contributed by atoms with Crippen LogP contribution < -0.4 is 338 Å². The van der Waals surface area contributed by atoms with Crippen LogP contribution >= 0.6 is 7.82 Å². The zero-order valence-electron chi connectivity index (χ0n) is 9.88. The summed E-state index contributed by atoms with van der Waals surface area (Å²) in [4.78, 5) is 25.6. The summed E-state index contributed by atoms with van der Waals surface area (Å²) in [6.45, 7) is 0. The molecule has 0 spiro atoms. The van der Waals surface area contributed by atoms with Gasteiger partial charge in [-0.05, 0) is 0 Å². The fourth-order valence-electron chi connectivity index (χ4n) is 0. The molecule has 0 unspecified atom stereocenters. The third kappa shape index (κ3) is 117. The smallest absolute Gasteiger partial charge is 0.907 e. The Bertz CT molecular complexity index is 94.6. The van der Waals surface area contributed by atoms with Crippen LogP contribution in [0.25, 0.3) is 0 Å². The van der Waals surface area contributed by atoms with Gasteiger partial charge in [0.2, 0.25) is 0 Å². The van der Waals surface area contributed by atoms with E-state index in [1.165, 1.54) is 0 Å². The second-order valence-corrected chi connectivity index (χ2v) is 1.63. The quantitative estimate of drug-likeness (QED) is 0.295. The first-order valence-corrected chi connectivity index (χ1v) is 2.90. The molecular formula is BK6O7P. The molecule has 0 rings (SSSR count). The summed E-state index contributed by atoms with van der Waals surface area (Å²) in [5, 5.41) is 25.2. The van der Waals surface area contributed by atoms with E-state index in [1.807, 2.05) is 0 Å². The zero-order chi connectivity index (χ0) is 8.08. The molecule has 0 fully saturated rings. The fourth-order valence-corrected chi connectivity index (χ4v) is 0. The van der Waals surface area contributed by atoms with Crippen LogP contribution in [0.3, 0.4) is 0 Å². The van der Waals surface area contributed by atoms with E-state index in [9.17, 15) is 0 Å². The molecule has 0 aliphatic heterocycles. The van der Waals surface area contributed by atoms with Gasteiger partial charge in [-0.1, -0.05) is 0 Å². The molecule has 0 radical (unpaired) electrons. The van der Waals surface area contributed by atoms with E-state index in [1.54, 1.807) is 0 Å². The second kappa shape index (κ2) is 35.1. The average Bonchev–Trinajstić information content (AvgIpc) is 1.19. The molecule has 15 heteroatoms. The second-order valence-electron chi connectivity index (χ2n) is 0.736. The molecule has 0 aromatic heterocycles. The third-order valence-electron chi connectivity index (χ3n) is 0. The van der Waals surface area contributed by atoms with Crippen molar-refractivity contribution in [3.8, 4) is 0 Å². The molecule has 15 heavy (non-hydrogen) atoms. The minimum atomic E-state index is -5.39. The fraction of sp³-hybridized carbons (Fsp3) is 0. The van der Waals surface area contributed by atoms with Crippen LogP contribution in [-0.2, 0) is 4.57 Å². The Morgan fingerprint density at radius 2 is 0.667 bits per heavy atom. The maximum atomic E-state index is 8.55. The van der Waals surface area contributed by atoms with Crippen molar-refractivity contribution in [2.24, 2.45) is 0 Å². The molecule has 56 valence electrons. The van der Waals surface area contributed by atoms with Crippen LogP contribution in [0, 0.1) is 0 Å². The average molecular weight is 388 g/mol. The van der Waals surface area contributed by atoms with Crippen LogP contribution in [0.1, 0.15) is 0 Å². The van der Waals surface area contributed by atoms with E-state index in [-0.39, 0.29) is 308 Å². The van der Waals surface area contributed by atoms with Gasteiger partial charge in [0.05, 0.1) is 0 Å². The van der Waals surface area contributed by atoms with Crippen LogP contribution in [0.15, 0.2) is 0 Å². The number of rotatable bonds is 0. The Kier molecular flexibility index (Phi) is 116. The van der Waals surface area contributed by atoms with Crippen LogP contribution in [-0.4, -0.2) is 7.32 Å². The maximum absolute atomic E-state index is 8.55. The Balaban J connectivity index is -0.00000000785. The van der Waals surface area contributed by atoms with Crippen molar-refractivity contribution in [3.63, 3.8) is 0 Å². The molecule has 0 amide bonds. The summed E-state index contributed by atoms with van der Waals surface area (Å²) in [7, 11) is -8.31. The van der Waals surface area contributed by atoms with Gasteiger partial charge in [-0.3, -0.25) is 7.32 Å². The van der Waals surface area contributed by atoms with Gasteiger partial charge in [-0.15, -0.1) is 0 Å². The summed E-state index contributed by atoms with van der Waals surface area (Å²) in [5.74, 6) is 0. The first-order chi connectivity index (χ1) is 3.73. The van der Waals surface area contributed by atoms with Crippen molar-refractivity contribution < 1.29 is 343 Å². The number of hydrogen-bond donors (Lipinski definition) is 0. The molecule has 0 aliphatic rings. The molecule has 0 aromatic carbocycles. The first kappa shape index (κ1) is 49.8. The molecule has 0 saturated heterocycles. The van der Waals surface area contributed by atoms with E-state index >= 15 is 0 Å². The molecule has 0 N–H and O–H groups in total. The van der Waals surface area contributed by atoms with Gasteiger partial charge in [0, 0.05) is 0 Å². The van der Waals surface area contributed by atoms with Crippen LogP contribution in [0.2, 0.25) is 0 Å². The largest absolute Gasteiger partial charge is 1.00 e. The van der Waals surface area contributed by atoms with Gasteiger partial charge in [0.25, 0.3) is 0 Å². The van der Waals surface area contributed by atoms with E-state index in [2.05, 4.69) is 0 Å². The topological polar surface area (TPSA) is 155 Å². The molecule has 0 heterocycles. The molecule has 0 saturated carbocycles. The first-order valence-electron chi connectivity index (χ1n) is 1.44. The Morgan fingerprint density at radius 1 is 0.667 bits per heavy atom. The number of phosphoric acid groups is 1. The summed E-state index contributed by atoms with van der Waals surface area (Å²) in [6, 6.07) is 0. The third-order valence-corrected chi connectivity index (χ3v) is 0. The van der Waals surface area contributed by atoms with Crippen molar-refractivity contribution in [3.05, 3.63) is 0 Å². The van der Waals surface area contributed by atoms with Gasteiger partial charge < -0.3 is 34.3 Å². The molecule has 0 atom stereocenters. The van der Waals surface area contributed by atoms with Crippen LogP contribution in [0.5, 0.6) is 0 Å². The monoisotopic (exact) mass is 388 g/mol. The SMILES string of the molecule is O=P([O-])([O-])[O-].[K+].[K+].[K+].[K+].[K+].[K+].[O-]B([O-])[O-]. The van der Waals surface area contributed by atoms with Crippen LogP contribution in [0.4, 0.5) is 0 Å². The summed E-state index contributed by atoms with van der Waals surface area (Å²) < 4.78 is 8.55. The summed E-state index contributed by atoms with van der Waals surface area (Å²) in [6.07, 6.45) is 0. The summed E-state index contributed by atoms with van der Waals surface area (Å²) in [5.41, 5.74) is 0. The van der Waals surface area contributed by atoms with E-state index in [4.69, 9.17) is 34.3 Å². The van der Waals surface area contributed by atoms with Gasteiger partial charge in [-0.2, -0.15) is 7.82 Å². The zero-order valence-corrected chi connectivity index (χ0v) is 29.5. The van der Waals surface area contributed by atoms with Crippen molar-refractivity contribution in [1.82, 2.24) is 0 Å². The normalized spacial score (nSPS) is 5.73. The number of hydrogen-bond acceptors (Lipinski definition) is 7. The molecular weight excluding hydrogens is 388 g/mol. The van der Waals surface area contributed by atoms with Gasteiger partial charge >= 0.3 is 308 Å². The van der Waals surface area contributed by atoms with Gasteiger partial charge in [0.15, 0.2) is 0 Å². The maximum Gasteiger partial charge on any atom is 1.00 e. The molecule has 7 nitrogen and oxygen atoms in total. The molecule has 0 bridgehead atoms. The standard InChI is InChI=1S/BO3.6K.H3O4P/c2-1(3)4;;;;;;;1-5(2,3)4/h;;;;;;;(H3,1,2,3,4)/q-3;6*+1;/p-3. The molecule has 0 aliphatic carbocycles. The van der Waals surface area contributed by atoms with Crippen molar-refractivity contribution >= 4 is 15.1 Å². The van der Waals surface area contributed by atoms with E-state index in [0.29, 0.717) is 0 Å². The Labute approximate surface area is 344 Å². The van der Waals surface area contributed by atoms with Gasteiger partial charge in [0.1, 0.15) is 0 Å². The van der Waals surface area contributed by atoms with Crippen molar-refractivity contribution in [1.29, 1.82) is 0 Å². The van der Waals surface area contributed by atoms with Crippen molar-refractivity contribution in [2.75, 3.05) is 0 Å². The summed E-state index contributed by atoms with van der Waals surface area (Å²) >= 11 is 0. The Morgan fingerprint density at radius 3 is 0.667 bits per heavy atom. The predicted molar refractivity (Wildman–Crippen MR) is 13.4 cm³/mol. The van der Waals surface area contributed by atoms with Gasteiger partial charge in [-0.25, -0.2) is 0 Å². The Hall–Kier alpha value is 9.87. The van der Waals surface area contributed by atoms with Crippen molar-refractivity contribution in [2.45, 2.75) is 0 Å². The minimum Gasteiger partial charge on any atom is -0.907 e.